The van der Waals surface area contributed by atoms with Gasteiger partial charge in [0.05, 0.1) is 185 Å². The number of anilines is 2. The van der Waals surface area contributed by atoms with Gasteiger partial charge in [0.15, 0.2) is 11.6 Å². The highest BCUT2D eigenvalue weighted by molar-refractivity contribution is 9.11. The molecule has 0 saturated carbocycles. The molecule has 4 aliphatic rings. The number of aldehydes is 1. The minimum atomic E-state index is -1.71. The minimum absolute atomic E-state index is 0.0285. The molecule has 4 saturated heterocycles. The average Bonchev–Trinajstić information content (AvgIpc) is 1.63. The van der Waals surface area contributed by atoms with E-state index in [0.29, 0.717) is 142 Å². The molecule has 4 fully saturated rings. The van der Waals surface area contributed by atoms with Gasteiger partial charge in [-0.1, -0.05) is 152 Å². The van der Waals surface area contributed by atoms with Crippen molar-refractivity contribution in [1.82, 2.24) is 19.9 Å². The Balaban J connectivity index is 0.000000154. The second kappa shape index (κ2) is 53.2. The number of carbonyl (C=O) groups is 3. The van der Waals surface area contributed by atoms with Crippen LogP contribution in [0.25, 0.3) is 33.1 Å². The summed E-state index contributed by atoms with van der Waals surface area (Å²) < 4.78 is 84.6. The summed E-state index contributed by atoms with van der Waals surface area (Å²) in [5.41, 5.74) is 13.8. The molecule has 0 aliphatic carbocycles. The van der Waals surface area contributed by atoms with E-state index in [4.69, 9.17) is 81.3 Å². The first kappa shape index (κ1) is 104. The van der Waals surface area contributed by atoms with E-state index < -0.39 is 19.1 Å². The number of epoxide rings is 1. The molecule has 0 radical (unpaired) electrons. The molecule has 33 heteroatoms. The van der Waals surface area contributed by atoms with E-state index in [0.717, 1.165) is 119 Å². The highest BCUT2D eigenvalue weighted by atomic mass is 79.9. The fourth-order valence-corrected chi connectivity index (χ4v) is 16.7. The van der Waals surface area contributed by atoms with E-state index in [1.807, 2.05) is 182 Å². The minimum Gasteiger partial charge on any atom is -0.496 e. The summed E-state index contributed by atoms with van der Waals surface area (Å²) in [5, 5.41) is 29.1. The van der Waals surface area contributed by atoms with Gasteiger partial charge < -0.3 is 101 Å². The van der Waals surface area contributed by atoms with Gasteiger partial charge >= 0.3 is 19.1 Å². The topological polar surface area (TPSA) is 321 Å². The Morgan fingerprint density at radius 2 is 0.752 bits per heavy atom. The Kier molecular flexibility index (Phi) is 40.4. The summed E-state index contributed by atoms with van der Waals surface area (Å²) in [4.78, 5) is 55.7. The lowest BCUT2D eigenvalue weighted by Crippen LogP contribution is -2.30. The predicted molar refractivity (Wildman–Crippen MR) is 543 cm³/mol. The van der Waals surface area contributed by atoms with Crippen molar-refractivity contribution in [2.45, 2.75) is 50.6 Å². The van der Waals surface area contributed by atoms with E-state index in [1.54, 1.807) is 91.3 Å². The number of pyridine rings is 2. The third-order valence-corrected chi connectivity index (χ3v) is 25.0. The van der Waals surface area contributed by atoms with Gasteiger partial charge in [-0.25, -0.2) is 19.6 Å². The number of fused-ring (bicyclic) bond motifs is 2. The van der Waals surface area contributed by atoms with Crippen molar-refractivity contribution in [2.24, 2.45) is 0 Å². The van der Waals surface area contributed by atoms with Crippen LogP contribution in [-0.4, -0.2) is 178 Å². The third kappa shape index (κ3) is 29.4. The maximum Gasteiger partial charge on any atom is 0.505 e. The summed E-state index contributed by atoms with van der Waals surface area (Å²) in [6, 6.07) is 80.5. The number of hydrogen-bond acceptors (Lipinski definition) is 25. The fourth-order valence-electron chi connectivity index (χ4n) is 14.7. The van der Waals surface area contributed by atoms with Gasteiger partial charge in [-0.15, -0.1) is 0 Å². The molecule has 4 atom stereocenters. The number of ether oxygens (including phenoxy) is 15. The predicted octanol–water partition coefficient (Wildman–Crippen LogP) is 20.8. The van der Waals surface area contributed by atoms with Crippen LogP contribution in [0.1, 0.15) is 106 Å². The first-order chi connectivity index (χ1) is 66.7. The first-order valence-corrected chi connectivity index (χ1v) is 47.3. The van der Waals surface area contributed by atoms with E-state index >= 15 is 0 Å². The number of methoxy groups -OCH3 is 8. The molecule has 4 unspecified atom stereocenters. The van der Waals surface area contributed by atoms with Gasteiger partial charge in [0.25, 0.3) is 0 Å². The molecular formula is C104H103BBr5N7O20. The van der Waals surface area contributed by atoms with Crippen LogP contribution in [0.5, 0.6) is 34.5 Å². The van der Waals surface area contributed by atoms with Crippen molar-refractivity contribution in [3.05, 3.63) is 344 Å². The fraction of sp³-hybridized carbons (Fsp3) is 0.250. The van der Waals surface area contributed by atoms with E-state index in [2.05, 4.69) is 129 Å². The number of hydrogen-bond donors (Lipinski definition) is 4. The molecule has 8 heterocycles. The molecule has 10 aromatic carbocycles. The number of nitrogens with one attached hydrogen (secondary N) is 2. The number of nitriles is 1. The Morgan fingerprint density at radius 1 is 0.416 bits per heavy atom. The Bertz CT molecular complexity index is 6160. The van der Waals surface area contributed by atoms with Crippen molar-refractivity contribution in [2.75, 3.05) is 133 Å². The summed E-state index contributed by atoms with van der Waals surface area (Å²) in [5.74, 6) is 4.90. The van der Waals surface area contributed by atoms with Gasteiger partial charge in [0.1, 0.15) is 65.2 Å². The van der Waals surface area contributed by atoms with E-state index in [9.17, 15) is 24.4 Å². The highest BCUT2D eigenvalue weighted by Gasteiger charge is 2.29. The molecular weight excluding hydrogens is 2080 g/mol. The van der Waals surface area contributed by atoms with Crippen LogP contribution < -0.4 is 43.8 Å². The van der Waals surface area contributed by atoms with Crippen LogP contribution in [0.4, 0.5) is 11.6 Å². The molecule has 27 nitrogen and oxygen atoms in total. The molecule has 4 N–H and O–H groups in total. The number of carbonyl (C=O) groups excluding carboxylic acids is 3. The molecule has 137 heavy (non-hydrogen) atoms. The number of H-pyrrole nitrogens is 2. The zero-order chi connectivity index (χ0) is 97.1. The van der Waals surface area contributed by atoms with Crippen LogP contribution in [0.3, 0.4) is 0 Å². The van der Waals surface area contributed by atoms with E-state index in [-0.39, 0.29) is 29.5 Å². The number of rotatable bonds is 25. The summed E-state index contributed by atoms with van der Waals surface area (Å²) >= 11 is 16.8. The Morgan fingerprint density at radius 3 is 1.09 bits per heavy atom. The van der Waals surface area contributed by atoms with Crippen LogP contribution in [-0.2, 0) is 68.8 Å². The normalized spacial score (nSPS) is 15.0. The quantitative estimate of drug-likeness (QED) is 0.0179. The number of benzene rings is 10. The summed E-state index contributed by atoms with van der Waals surface area (Å²) in [6.07, 6.45) is 4.07. The maximum atomic E-state index is 12.8. The van der Waals surface area contributed by atoms with Crippen molar-refractivity contribution < 1.29 is 95.5 Å². The van der Waals surface area contributed by atoms with Gasteiger partial charge in [0.2, 0.25) is 0 Å². The first-order valence-electron chi connectivity index (χ1n) is 43.3. The van der Waals surface area contributed by atoms with Crippen LogP contribution in [0, 0.1) is 11.3 Å². The van der Waals surface area contributed by atoms with Crippen LogP contribution in [0.2, 0.25) is 0 Å². The zero-order valence-corrected chi connectivity index (χ0v) is 84.4. The summed E-state index contributed by atoms with van der Waals surface area (Å²) in [7, 11) is 10.7. The second-order valence-corrected chi connectivity index (χ2v) is 35.0. The number of esters is 2. The lowest BCUT2D eigenvalue weighted by Gasteiger charge is -2.25. The Labute approximate surface area is 837 Å². The molecule has 18 rings (SSSR count). The van der Waals surface area contributed by atoms with E-state index in [1.165, 1.54) is 26.0 Å². The smallest absolute Gasteiger partial charge is 0.496 e. The van der Waals surface area contributed by atoms with Crippen molar-refractivity contribution in [3.8, 4) is 51.8 Å². The van der Waals surface area contributed by atoms with Gasteiger partial charge in [-0.2, -0.15) is 5.26 Å². The number of aromatic nitrogens is 4. The molecule has 4 aromatic heterocycles. The monoisotopic (exact) mass is 2180 g/mol. The molecule has 4 aliphatic heterocycles. The standard InChI is InChI=1S/C34H33N3O5.C23H22BN3O4.2C11H13BrO3.C9H9BrO2.C8H6BrNO.C8H7BrO2/c1-39-30-17-25(31-22-41-15-16-42-31)13-14-26(30)29-18-27-28(34(38)40-2)19-35-33(32(27)36-29)37(20-23-9-5-3-6-10-23)21-24-11-7-4-8-12-24;1-31-23(28)19-13-25-22(21-18(19)12-20(26-21)24(29)30)27(14-16-8-4-2-5-9-16)15-17-10-6-3-7-11-17;2*1-13-10-6-8(2-3-9(10)12)11-7-14-4-5-15-11;1-11-8-4-6(9-5-12-9)2-3-7(8)10;2*1-11-8-4-6(5-10)2-3-7(8)9/h3-14,17-19,31,36H,15-16,20-22H2,1-2H3;2-13,26,29-30H,14-15H2,1H3;2*2-3,6,11H,4-5,7H2,1H3;2-4,9H,5H2,1H3;2-4H,1H3;2-5H,1H3. The summed E-state index contributed by atoms with van der Waals surface area (Å²) in [6.45, 7) is 8.83. The van der Waals surface area contributed by atoms with Gasteiger partial charge in [-0.05, 0) is 215 Å². The Hall–Kier alpha value is -11.8. The molecule has 0 amide bonds. The van der Waals surface area contributed by atoms with Crippen LogP contribution in [0.15, 0.2) is 277 Å². The van der Waals surface area contributed by atoms with Crippen molar-refractivity contribution >= 4 is 144 Å². The number of aromatic amines is 2. The lowest BCUT2D eigenvalue weighted by atomic mass is 9.86. The number of nitrogens with zero attached hydrogens (tertiary/aromatic N) is 5. The molecule has 14 aromatic rings. The van der Waals surface area contributed by atoms with Gasteiger partial charge in [0, 0.05) is 66.1 Å². The average molecular weight is 2180 g/mol. The van der Waals surface area contributed by atoms with Gasteiger partial charge in [-0.3, -0.25) is 4.79 Å². The number of halogens is 5. The maximum absolute atomic E-state index is 12.8. The third-order valence-electron chi connectivity index (χ3n) is 21.8. The van der Waals surface area contributed by atoms with Crippen molar-refractivity contribution in [3.63, 3.8) is 0 Å². The highest BCUT2D eigenvalue weighted by Crippen LogP contribution is 2.41. The van der Waals surface area contributed by atoms with Crippen molar-refractivity contribution in [1.29, 1.82) is 5.26 Å². The molecule has 712 valence electrons. The lowest BCUT2D eigenvalue weighted by molar-refractivity contribution is -0.0902. The largest absolute Gasteiger partial charge is 0.505 e. The SMILES string of the molecule is COC(=O)c1cnc(N(Cc2ccccc2)Cc2ccccc2)c2[nH]c(-c3ccc(C4COCCO4)cc3OC)cc12.COC(=O)c1cnc(N(Cc2ccccc2)Cc2ccccc2)c2[nH]c(B(O)O)cc12.COc1cc(C#N)ccc1Br.COc1cc(C2CO2)ccc1Br.COc1cc(C2COCCO2)ccc1Br.COc1cc(C2COCCO2)ccc1Br.COc1cc(C=O)ccc1Br. The molecule has 0 spiro atoms. The zero-order valence-electron chi connectivity index (χ0n) is 76.5. The second-order valence-electron chi connectivity index (χ2n) is 30.7. The van der Waals surface area contributed by atoms with Crippen LogP contribution >= 0.6 is 79.6 Å². The molecule has 0 bridgehead atoms.